The zero-order chi connectivity index (χ0) is 13.9. The molecule has 0 aromatic heterocycles. The van der Waals surface area contributed by atoms with Crippen LogP contribution in [-0.4, -0.2) is 44.3 Å². The van der Waals surface area contributed by atoms with E-state index in [1.165, 1.54) is 11.3 Å². The van der Waals surface area contributed by atoms with Gasteiger partial charge in [0, 0.05) is 47.8 Å². The Balaban J connectivity index is 0.000000550. The number of nitrogens with one attached hydrogen (secondary N) is 1. The second-order valence-corrected chi connectivity index (χ2v) is 4.63. The van der Waals surface area contributed by atoms with Crippen LogP contribution in [0, 0.1) is 17.2 Å². The third kappa shape index (κ3) is 6.58. The molecular weight excluding hydrogens is 306 g/mol. The van der Waals surface area contributed by atoms with E-state index in [-0.39, 0.29) is 0 Å². The van der Waals surface area contributed by atoms with Gasteiger partial charge in [-0.2, -0.15) is 5.26 Å². The fourth-order valence-electron chi connectivity index (χ4n) is 1.94. The summed E-state index contributed by atoms with van der Waals surface area (Å²) in [6.45, 7) is 8.12. The normalized spacial score (nSPS) is 15.0. The van der Waals surface area contributed by atoms with Crippen LogP contribution in [0.4, 0.5) is 5.69 Å². The number of ether oxygens (including phenoxy) is 1. The molecule has 1 aliphatic rings. The van der Waals surface area contributed by atoms with Crippen molar-refractivity contribution in [1.82, 2.24) is 4.90 Å². The third-order valence-corrected chi connectivity index (χ3v) is 2.99. The maximum atomic E-state index is 7.24. The molecule has 0 saturated carbocycles. The number of hydrogen-bond acceptors (Lipinski definition) is 4. The number of halogens is 1. The molecule has 4 nitrogen and oxygen atoms in total. The average molecular weight is 326 g/mol. The number of para-hydroxylation sites is 1. The van der Waals surface area contributed by atoms with Gasteiger partial charge in [-0.1, -0.05) is 18.2 Å². The van der Waals surface area contributed by atoms with Crippen LogP contribution in [-0.2, 0) is 4.74 Å². The number of nitriles is 1. The van der Waals surface area contributed by atoms with Crippen LogP contribution in [0.25, 0.3) is 0 Å². The molecule has 1 saturated heterocycles. The lowest BCUT2D eigenvalue weighted by atomic mass is 10.2. The Morgan fingerprint density at radius 1 is 1.37 bits per heavy atom. The first kappa shape index (κ1) is 16.0. The van der Waals surface area contributed by atoms with Gasteiger partial charge in [0.25, 0.3) is 0 Å². The summed E-state index contributed by atoms with van der Waals surface area (Å²) >= 11 is 2.45. The Morgan fingerprint density at radius 3 is 2.63 bits per heavy atom. The zero-order valence-electron chi connectivity index (χ0n) is 11.2. The number of aryl methyl sites for hydroxylation is 1. The molecular formula is C14H20BrN3O. The Hall–Kier alpha value is -1.09. The van der Waals surface area contributed by atoms with Crippen molar-refractivity contribution in [3.05, 3.63) is 29.8 Å². The molecule has 0 bridgehead atoms. The van der Waals surface area contributed by atoms with E-state index in [1.807, 2.05) is 0 Å². The number of rotatable bonds is 4. The fourth-order valence-corrected chi connectivity index (χ4v) is 1.94. The summed E-state index contributed by atoms with van der Waals surface area (Å²) in [5.74, 6) is 0. The van der Waals surface area contributed by atoms with E-state index in [9.17, 15) is 0 Å². The van der Waals surface area contributed by atoms with Gasteiger partial charge in [-0.15, -0.1) is 0 Å². The Labute approximate surface area is 123 Å². The van der Waals surface area contributed by atoms with E-state index >= 15 is 0 Å². The van der Waals surface area contributed by atoms with Crippen molar-refractivity contribution in [2.75, 3.05) is 44.7 Å². The van der Waals surface area contributed by atoms with Gasteiger partial charge in [-0.3, -0.25) is 4.90 Å². The molecule has 0 spiro atoms. The van der Waals surface area contributed by atoms with Crippen molar-refractivity contribution in [3.63, 3.8) is 0 Å². The molecule has 1 aromatic rings. The van der Waals surface area contributed by atoms with E-state index in [2.05, 4.69) is 57.3 Å². The van der Waals surface area contributed by atoms with Gasteiger partial charge in [0.2, 0.25) is 0 Å². The predicted octanol–water partition coefficient (Wildman–Crippen LogP) is 2.60. The van der Waals surface area contributed by atoms with Crippen LogP contribution in [0.3, 0.4) is 0 Å². The Kier molecular flexibility index (Phi) is 8.23. The smallest absolute Gasteiger partial charge is 0.142 e. The van der Waals surface area contributed by atoms with Gasteiger partial charge < -0.3 is 10.1 Å². The molecule has 0 atom stereocenters. The first-order valence-corrected chi connectivity index (χ1v) is 7.16. The fraction of sp³-hybridized carbons (Fsp3) is 0.500. The highest BCUT2D eigenvalue weighted by molar-refractivity contribution is 9.12. The van der Waals surface area contributed by atoms with Gasteiger partial charge in [0.1, 0.15) is 4.98 Å². The summed E-state index contributed by atoms with van der Waals surface area (Å²) < 4.78 is 5.32. The molecule has 0 unspecified atom stereocenters. The number of morpholine rings is 1. The Bertz CT molecular complexity index is 400. The lowest BCUT2D eigenvalue weighted by Gasteiger charge is -2.26. The second kappa shape index (κ2) is 9.79. The quantitative estimate of drug-likeness (QED) is 0.924. The largest absolute Gasteiger partial charge is 0.384 e. The summed E-state index contributed by atoms with van der Waals surface area (Å²) in [5, 5.41) is 10.7. The topological polar surface area (TPSA) is 48.3 Å². The van der Waals surface area contributed by atoms with Gasteiger partial charge in [0.05, 0.1) is 13.2 Å². The monoisotopic (exact) mass is 325 g/mol. The van der Waals surface area contributed by atoms with E-state index in [1.54, 1.807) is 4.98 Å². The van der Waals surface area contributed by atoms with Crippen LogP contribution in [0.1, 0.15) is 5.56 Å². The van der Waals surface area contributed by atoms with Crippen molar-refractivity contribution in [1.29, 1.82) is 5.26 Å². The van der Waals surface area contributed by atoms with Crippen molar-refractivity contribution >= 4 is 21.6 Å². The van der Waals surface area contributed by atoms with E-state index < -0.39 is 0 Å². The van der Waals surface area contributed by atoms with Crippen molar-refractivity contribution in [2.45, 2.75) is 6.92 Å². The molecule has 1 N–H and O–H groups in total. The SMILES string of the molecule is Cc1ccccc1NCCN1CCOCC1.N#CBr. The molecule has 0 aliphatic carbocycles. The van der Waals surface area contributed by atoms with Crippen molar-refractivity contribution in [3.8, 4) is 4.98 Å². The maximum absolute atomic E-state index is 7.24. The molecule has 1 fully saturated rings. The number of hydrogen-bond donors (Lipinski definition) is 1. The van der Waals surface area contributed by atoms with E-state index in [4.69, 9.17) is 10.00 Å². The number of benzene rings is 1. The lowest BCUT2D eigenvalue weighted by molar-refractivity contribution is 0.0398. The average Bonchev–Trinajstić information content (AvgIpc) is 2.43. The highest BCUT2D eigenvalue weighted by Crippen LogP contribution is 2.12. The highest BCUT2D eigenvalue weighted by atomic mass is 79.9. The summed E-state index contributed by atoms with van der Waals surface area (Å²) in [6.07, 6.45) is 0. The molecule has 0 radical (unpaired) electrons. The van der Waals surface area contributed by atoms with Crippen molar-refractivity contribution < 1.29 is 4.74 Å². The number of anilines is 1. The summed E-state index contributed by atoms with van der Waals surface area (Å²) in [6, 6.07) is 8.41. The standard InChI is InChI=1S/C13H20N2O.CBrN/c1-12-4-2-3-5-13(12)14-6-7-15-8-10-16-11-9-15;2-1-3/h2-5,14H,6-11H2,1H3;. The molecule has 5 heteroatoms. The predicted molar refractivity (Wildman–Crippen MR) is 81.5 cm³/mol. The lowest BCUT2D eigenvalue weighted by Crippen LogP contribution is -2.39. The van der Waals surface area contributed by atoms with Crippen LogP contribution in [0.5, 0.6) is 0 Å². The molecule has 19 heavy (non-hydrogen) atoms. The summed E-state index contributed by atoms with van der Waals surface area (Å²) in [4.78, 5) is 4.00. The molecule has 2 rings (SSSR count). The molecule has 0 amide bonds. The van der Waals surface area contributed by atoms with Crippen LogP contribution in [0.2, 0.25) is 0 Å². The summed E-state index contributed by atoms with van der Waals surface area (Å²) in [5.41, 5.74) is 2.56. The van der Waals surface area contributed by atoms with E-state index in [0.29, 0.717) is 0 Å². The third-order valence-electron chi connectivity index (χ3n) is 2.99. The second-order valence-electron chi connectivity index (χ2n) is 4.28. The van der Waals surface area contributed by atoms with Crippen LogP contribution >= 0.6 is 15.9 Å². The highest BCUT2D eigenvalue weighted by Gasteiger charge is 2.09. The minimum atomic E-state index is 0.879. The van der Waals surface area contributed by atoms with Crippen LogP contribution in [0.15, 0.2) is 24.3 Å². The van der Waals surface area contributed by atoms with E-state index in [0.717, 1.165) is 39.4 Å². The molecule has 1 aliphatic heterocycles. The van der Waals surface area contributed by atoms with Gasteiger partial charge in [-0.05, 0) is 18.6 Å². The number of nitrogens with zero attached hydrogens (tertiary/aromatic N) is 2. The minimum Gasteiger partial charge on any atom is -0.384 e. The molecule has 1 aromatic carbocycles. The minimum absolute atomic E-state index is 0.879. The van der Waals surface area contributed by atoms with Gasteiger partial charge in [0.15, 0.2) is 0 Å². The molecule has 1 heterocycles. The Morgan fingerprint density at radius 2 is 2.00 bits per heavy atom. The first-order chi connectivity index (χ1) is 9.27. The van der Waals surface area contributed by atoms with Gasteiger partial charge >= 0.3 is 0 Å². The van der Waals surface area contributed by atoms with Crippen LogP contribution < -0.4 is 5.32 Å². The van der Waals surface area contributed by atoms with Gasteiger partial charge in [-0.25, -0.2) is 0 Å². The molecule has 104 valence electrons. The zero-order valence-corrected chi connectivity index (χ0v) is 12.8. The summed E-state index contributed by atoms with van der Waals surface area (Å²) in [7, 11) is 0. The first-order valence-electron chi connectivity index (χ1n) is 6.37. The van der Waals surface area contributed by atoms with Crippen molar-refractivity contribution in [2.24, 2.45) is 0 Å². The maximum Gasteiger partial charge on any atom is 0.142 e.